The lowest BCUT2D eigenvalue weighted by molar-refractivity contribution is -0.157. The quantitative estimate of drug-likeness (QED) is 0.640. The van der Waals surface area contributed by atoms with Crippen molar-refractivity contribution in [2.45, 2.75) is 26.2 Å². The van der Waals surface area contributed by atoms with Crippen LogP contribution in [0.1, 0.15) is 26.2 Å². The lowest BCUT2D eigenvalue weighted by atomic mass is 10.1. The lowest BCUT2D eigenvalue weighted by Crippen LogP contribution is -2.57. The lowest BCUT2D eigenvalue weighted by Gasteiger charge is -2.35. The van der Waals surface area contributed by atoms with Crippen LogP contribution in [0.2, 0.25) is 0 Å². The van der Waals surface area contributed by atoms with E-state index in [-0.39, 0.29) is 18.2 Å². The van der Waals surface area contributed by atoms with Gasteiger partial charge < -0.3 is 14.7 Å². The van der Waals surface area contributed by atoms with Gasteiger partial charge in [0, 0.05) is 45.6 Å². The molecule has 0 aromatic rings. The summed E-state index contributed by atoms with van der Waals surface area (Å²) in [7, 11) is 0. The van der Waals surface area contributed by atoms with Crippen LogP contribution in [0.4, 0.5) is 0 Å². The average Bonchev–Trinajstić information content (AvgIpc) is 2.47. The third kappa shape index (κ3) is 3.59. The largest absolute Gasteiger partial charge is 0.340 e. The SMILES string of the molecule is CCCN1CCN(CC(=O)N2CCC(=O)CC2)C(=O)C1=O. The minimum absolute atomic E-state index is 0.0707. The normalized spacial score (nSPS) is 20.2. The zero-order valence-corrected chi connectivity index (χ0v) is 12.3. The van der Waals surface area contributed by atoms with Crippen molar-refractivity contribution in [3.05, 3.63) is 0 Å². The third-order valence-corrected chi connectivity index (χ3v) is 3.89. The van der Waals surface area contributed by atoms with E-state index in [0.29, 0.717) is 45.6 Å². The molecule has 0 saturated carbocycles. The number of amides is 3. The Hall–Kier alpha value is -1.92. The molecule has 2 heterocycles. The molecule has 0 spiro atoms. The van der Waals surface area contributed by atoms with Crippen LogP contribution in [-0.2, 0) is 19.2 Å². The predicted octanol–water partition coefficient (Wildman–Crippen LogP) is -0.741. The fourth-order valence-electron chi connectivity index (χ4n) is 2.62. The highest BCUT2D eigenvalue weighted by molar-refractivity contribution is 6.35. The zero-order chi connectivity index (χ0) is 15.4. The molecule has 0 unspecified atom stereocenters. The van der Waals surface area contributed by atoms with Gasteiger partial charge in [0.25, 0.3) is 0 Å². The van der Waals surface area contributed by atoms with Crippen molar-refractivity contribution in [2.75, 3.05) is 39.3 Å². The Morgan fingerprint density at radius 2 is 1.52 bits per heavy atom. The van der Waals surface area contributed by atoms with Gasteiger partial charge in [-0.15, -0.1) is 0 Å². The van der Waals surface area contributed by atoms with Crippen molar-refractivity contribution in [3.8, 4) is 0 Å². The number of piperidine rings is 1. The van der Waals surface area contributed by atoms with E-state index in [2.05, 4.69) is 0 Å². The molecule has 0 aromatic heterocycles. The Balaban J connectivity index is 1.88. The molecule has 2 aliphatic rings. The van der Waals surface area contributed by atoms with Crippen LogP contribution >= 0.6 is 0 Å². The van der Waals surface area contributed by atoms with Gasteiger partial charge in [-0.25, -0.2) is 0 Å². The van der Waals surface area contributed by atoms with Crippen LogP contribution in [-0.4, -0.2) is 77.5 Å². The van der Waals surface area contributed by atoms with Gasteiger partial charge in [-0.2, -0.15) is 0 Å². The Labute approximate surface area is 123 Å². The molecule has 0 atom stereocenters. The standard InChI is InChI=1S/C14H21N3O4/c1-2-5-16-8-9-17(14(21)13(16)20)10-12(19)15-6-3-11(18)4-7-15/h2-10H2,1H3. The van der Waals surface area contributed by atoms with Crippen LogP contribution in [0.25, 0.3) is 0 Å². The first kappa shape index (κ1) is 15.5. The minimum atomic E-state index is -0.601. The van der Waals surface area contributed by atoms with E-state index in [1.54, 1.807) is 4.90 Å². The van der Waals surface area contributed by atoms with Crippen molar-refractivity contribution in [1.82, 2.24) is 14.7 Å². The Bertz CT molecular complexity index is 453. The van der Waals surface area contributed by atoms with Crippen molar-refractivity contribution in [1.29, 1.82) is 0 Å². The van der Waals surface area contributed by atoms with Crippen molar-refractivity contribution >= 4 is 23.5 Å². The van der Waals surface area contributed by atoms with E-state index in [4.69, 9.17) is 0 Å². The predicted molar refractivity (Wildman–Crippen MR) is 74.3 cm³/mol. The van der Waals surface area contributed by atoms with Gasteiger partial charge in [0.2, 0.25) is 5.91 Å². The number of ketones is 1. The molecule has 7 nitrogen and oxygen atoms in total. The van der Waals surface area contributed by atoms with Crippen molar-refractivity contribution < 1.29 is 19.2 Å². The molecule has 2 saturated heterocycles. The number of likely N-dealkylation sites (tertiary alicyclic amines) is 1. The molecule has 7 heteroatoms. The highest BCUT2D eigenvalue weighted by atomic mass is 16.2. The summed E-state index contributed by atoms with van der Waals surface area (Å²) < 4.78 is 0. The van der Waals surface area contributed by atoms with Gasteiger partial charge in [-0.1, -0.05) is 6.92 Å². The first-order chi connectivity index (χ1) is 10.0. The minimum Gasteiger partial charge on any atom is -0.340 e. The summed E-state index contributed by atoms with van der Waals surface area (Å²) in [6.07, 6.45) is 1.56. The van der Waals surface area contributed by atoms with Crippen LogP contribution < -0.4 is 0 Å². The number of rotatable bonds is 4. The average molecular weight is 295 g/mol. The second-order valence-corrected chi connectivity index (χ2v) is 5.44. The molecule has 0 bridgehead atoms. The summed E-state index contributed by atoms with van der Waals surface area (Å²) in [4.78, 5) is 51.6. The second-order valence-electron chi connectivity index (χ2n) is 5.44. The molecule has 0 N–H and O–H groups in total. The van der Waals surface area contributed by atoms with E-state index in [1.165, 1.54) is 9.80 Å². The maximum atomic E-state index is 12.1. The topological polar surface area (TPSA) is 78.0 Å². The molecular formula is C14H21N3O4. The first-order valence-corrected chi connectivity index (χ1v) is 7.40. The Morgan fingerprint density at radius 1 is 0.952 bits per heavy atom. The summed E-state index contributed by atoms with van der Waals surface area (Å²) in [6.45, 7) is 4.14. The van der Waals surface area contributed by atoms with Gasteiger partial charge in [0.05, 0.1) is 0 Å². The van der Waals surface area contributed by atoms with E-state index < -0.39 is 11.8 Å². The van der Waals surface area contributed by atoms with Crippen LogP contribution in [0.5, 0.6) is 0 Å². The molecular weight excluding hydrogens is 274 g/mol. The van der Waals surface area contributed by atoms with E-state index in [0.717, 1.165) is 6.42 Å². The summed E-state index contributed by atoms with van der Waals surface area (Å²) in [6, 6.07) is 0. The molecule has 116 valence electrons. The van der Waals surface area contributed by atoms with Crippen LogP contribution in [0, 0.1) is 0 Å². The summed E-state index contributed by atoms with van der Waals surface area (Å²) in [5.74, 6) is -1.15. The van der Waals surface area contributed by atoms with Gasteiger partial charge in [0.15, 0.2) is 0 Å². The highest BCUT2D eigenvalue weighted by Gasteiger charge is 2.34. The molecule has 2 rings (SSSR count). The van der Waals surface area contributed by atoms with E-state index >= 15 is 0 Å². The Kier molecular flexibility index (Phi) is 4.93. The Morgan fingerprint density at radius 3 is 2.14 bits per heavy atom. The summed E-state index contributed by atoms with van der Waals surface area (Å²) in [5, 5.41) is 0. The number of piperazine rings is 1. The maximum Gasteiger partial charge on any atom is 0.312 e. The summed E-state index contributed by atoms with van der Waals surface area (Å²) >= 11 is 0. The molecule has 21 heavy (non-hydrogen) atoms. The highest BCUT2D eigenvalue weighted by Crippen LogP contribution is 2.09. The number of carbonyl (C=O) groups is 4. The summed E-state index contributed by atoms with van der Waals surface area (Å²) in [5.41, 5.74) is 0. The fraction of sp³-hybridized carbons (Fsp3) is 0.714. The van der Waals surface area contributed by atoms with Crippen molar-refractivity contribution in [3.63, 3.8) is 0 Å². The number of nitrogens with zero attached hydrogens (tertiary/aromatic N) is 3. The fourth-order valence-corrected chi connectivity index (χ4v) is 2.62. The first-order valence-electron chi connectivity index (χ1n) is 7.40. The van der Waals surface area contributed by atoms with Gasteiger partial charge in [0.1, 0.15) is 12.3 Å². The van der Waals surface area contributed by atoms with Gasteiger partial charge >= 0.3 is 11.8 Å². The monoisotopic (exact) mass is 295 g/mol. The molecule has 0 radical (unpaired) electrons. The smallest absolute Gasteiger partial charge is 0.312 e. The molecule has 0 aliphatic carbocycles. The van der Waals surface area contributed by atoms with E-state index in [1.807, 2.05) is 6.92 Å². The molecule has 0 aromatic carbocycles. The zero-order valence-electron chi connectivity index (χ0n) is 12.3. The number of hydrogen-bond donors (Lipinski definition) is 0. The molecule has 2 aliphatic heterocycles. The van der Waals surface area contributed by atoms with Crippen LogP contribution in [0.3, 0.4) is 0 Å². The van der Waals surface area contributed by atoms with Gasteiger partial charge in [-0.3, -0.25) is 19.2 Å². The molecule has 2 fully saturated rings. The third-order valence-electron chi connectivity index (χ3n) is 3.89. The van der Waals surface area contributed by atoms with Crippen molar-refractivity contribution in [2.24, 2.45) is 0 Å². The maximum absolute atomic E-state index is 12.1. The number of carbonyl (C=O) groups excluding carboxylic acids is 4. The molecule has 3 amide bonds. The second kappa shape index (κ2) is 6.69. The van der Waals surface area contributed by atoms with Gasteiger partial charge in [-0.05, 0) is 6.42 Å². The number of hydrogen-bond acceptors (Lipinski definition) is 4. The van der Waals surface area contributed by atoms with E-state index in [9.17, 15) is 19.2 Å². The number of Topliss-reactive ketones (excluding diaryl/α,β-unsaturated/α-hetero) is 1. The van der Waals surface area contributed by atoms with Crippen LogP contribution in [0.15, 0.2) is 0 Å².